The summed E-state index contributed by atoms with van der Waals surface area (Å²) in [6, 6.07) is 1.73. The predicted octanol–water partition coefficient (Wildman–Crippen LogP) is 1.80. The SMILES string of the molecule is CC(=O)c1cc(C(=O)N2CCN(CCN3CCCC3)CC2)cs1. The average molecular weight is 335 g/mol. The topological polar surface area (TPSA) is 43.9 Å². The Hall–Kier alpha value is -1.24. The Morgan fingerprint density at radius 2 is 1.61 bits per heavy atom. The number of carbonyl (C=O) groups is 2. The molecule has 126 valence electrons. The number of ketones is 1. The van der Waals surface area contributed by atoms with E-state index in [-0.39, 0.29) is 11.7 Å². The quantitative estimate of drug-likeness (QED) is 0.770. The monoisotopic (exact) mass is 335 g/mol. The molecular weight excluding hydrogens is 310 g/mol. The molecule has 0 aromatic carbocycles. The third-order valence-corrected chi connectivity index (χ3v) is 5.82. The minimum Gasteiger partial charge on any atom is -0.336 e. The van der Waals surface area contributed by atoms with Crippen LogP contribution in [0.5, 0.6) is 0 Å². The summed E-state index contributed by atoms with van der Waals surface area (Å²) in [5.74, 6) is 0.0914. The van der Waals surface area contributed by atoms with E-state index in [2.05, 4.69) is 9.80 Å². The van der Waals surface area contributed by atoms with Crippen LogP contribution in [0.1, 0.15) is 39.8 Å². The van der Waals surface area contributed by atoms with Gasteiger partial charge in [-0.2, -0.15) is 0 Å². The van der Waals surface area contributed by atoms with Crippen LogP contribution in [0.2, 0.25) is 0 Å². The maximum Gasteiger partial charge on any atom is 0.254 e. The minimum absolute atomic E-state index is 0.0285. The highest BCUT2D eigenvalue weighted by atomic mass is 32.1. The van der Waals surface area contributed by atoms with Crippen molar-refractivity contribution in [3.8, 4) is 0 Å². The lowest BCUT2D eigenvalue weighted by atomic mass is 10.2. The molecule has 3 rings (SSSR count). The number of nitrogens with zero attached hydrogens (tertiary/aromatic N) is 3. The van der Waals surface area contributed by atoms with Crippen molar-refractivity contribution < 1.29 is 9.59 Å². The van der Waals surface area contributed by atoms with Crippen LogP contribution < -0.4 is 0 Å². The Balaban J connectivity index is 1.45. The Bertz CT molecular complexity index is 558. The Morgan fingerprint density at radius 1 is 1.00 bits per heavy atom. The summed E-state index contributed by atoms with van der Waals surface area (Å²) in [6.45, 7) is 9.75. The van der Waals surface area contributed by atoms with Crippen molar-refractivity contribution in [2.45, 2.75) is 19.8 Å². The van der Waals surface area contributed by atoms with E-state index in [1.54, 1.807) is 18.4 Å². The number of amides is 1. The Morgan fingerprint density at radius 3 is 2.17 bits per heavy atom. The average Bonchev–Trinajstić information content (AvgIpc) is 3.24. The fourth-order valence-electron chi connectivity index (χ4n) is 3.28. The number of thiophene rings is 1. The van der Waals surface area contributed by atoms with Gasteiger partial charge in [0.1, 0.15) is 0 Å². The van der Waals surface area contributed by atoms with Crippen LogP contribution >= 0.6 is 11.3 Å². The van der Waals surface area contributed by atoms with Crippen LogP contribution in [0.3, 0.4) is 0 Å². The Kier molecular flexibility index (Phi) is 5.46. The smallest absolute Gasteiger partial charge is 0.254 e. The van der Waals surface area contributed by atoms with Gasteiger partial charge in [0.05, 0.1) is 10.4 Å². The third kappa shape index (κ3) is 4.19. The van der Waals surface area contributed by atoms with Gasteiger partial charge in [0, 0.05) is 44.6 Å². The molecule has 0 atom stereocenters. The van der Waals surface area contributed by atoms with Crippen LogP contribution in [-0.4, -0.2) is 78.7 Å². The van der Waals surface area contributed by atoms with Crippen LogP contribution in [0.15, 0.2) is 11.4 Å². The first-order valence-electron chi connectivity index (χ1n) is 8.47. The standard InChI is InChI=1S/C17H25N3O2S/c1-14(21)16-12-15(13-23-16)17(22)20-10-8-19(9-11-20)7-6-18-4-2-3-5-18/h12-13H,2-11H2,1H3. The lowest BCUT2D eigenvalue weighted by molar-refractivity contribution is 0.0627. The van der Waals surface area contributed by atoms with Crippen molar-refractivity contribution in [1.82, 2.24) is 14.7 Å². The lowest BCUT2D eigenvalue weighted by Crippen LogP contribution is -2.50. The van der Waals surface area contributed by atoms with Gasteiger partial charge in [-0.1, -0.05) is 0 Å². The summed E-state index contributed by atoms with van der Waals surface area (Å²) in [4.78, 5) is 31.4. The van der Waals surface area contributed by atoms with Gasteiger partial charge in [-0.25, -0.2) is 0 Å². The number of piperazine rings is 1. The first-order valence-corrected chi connectivity index (χ1v) is 9.35. The minimum atomic E-state index is 0.0285. The fourth-order valence-corrected chi connectivity index (χ4v) is 4.06. The van der Waals surface area contributed by atoms with Gasteiger partial charge in [-0.3, -0.25) is 14.5 Å². The molecule has 23 heavy (non-hydrogen) atoms. The molecule has 1 aromatic rings. The number of likely N-dealkylation sites (tertiary alicyclic amines) is 1. The number of hydrogen-bond donors (Lipinski definition) is 0. The number of rotatable bonds is 5. The predicted molar refractivity (Wildman–Crippen MR) is 92.3 cm³/mol. The van der Waals surface area contributed by atoms with Gasteiger partial charge >= 0.3 is 0 Å². The highest BCUT2D eigenvalue weighted by Crippen LogP contribution is 2.18. The second-order valence-corrected chi connectivity index (χ2v) is 7.35. The zero-order valence-electron chi connectivity index (χ0n) is 13.8. The van der Waals surface area contributed by atoms with E-state index in [0.717, 1.165) is 39.3 Å². The molecule has 0 unspecified atom stereocenters. The van der Waals surface area contributed by atoms with E-state index in [1.165, 1.54) is 37.3 Å². The summed E-state index contributed by atoms with van der Waals surface area (Å²) >= 11 is 1.36. The largest absolute Gasteiger partial charge is 0.336 e. The number of hydrogen-bond acceptors (Lipinski definition) is 5. The first kappa shape index (κ1) is 16.6. The van der Waals surface area contributed by atoms with Crippen LogP contribution in [0.4, 0.5) is 0 Å². The number of Topliss-reactive ketones (excluding diaryl/α,β-unsaturated/α-hetero) is 1. The van der Waals surface area contributed by atoms with E-state index < -0.39 is 0 Å². The van der Waals surface area contributed by atoms with Crippen molar-refractivity contribution in [3.05, 3.63) is 21.9 Å². The molecule has 0 aliphatic carbocycles. The number of carbonyl (C=O) groups excluding carboxylic acids is 2. The van der Waals surface area contributed by atoms with Gasteiger partial charge in [0.15, 0.2) is 5.78 Å². The van der Waals surface area contributed by atoms with Gasteiger partial charge in [-0.15, -0.1) is 11.3 Å². The highest BCUT2D eigenvalue weighted by Gasteiger charge is 2.23. The molecule has 3 heterocycles. The molecule has 0 radical (unpaired) electrons. The van der Waals surface area contributed by atoms with Crippen LogP contribution in [0.25, 0.3) is 0 Å². The molecule has 1 amide bonds. The second kappa shape index (κ2) is 7.55. The van der Waals surface area contributed by atoms with E-state index in [4.69, 9.17) is 0 Å². The molecule has 2 fully saturated rings. The van der Waals surface area contributed by atoms with Crippen molar-refractivity contribution in [2.24, 2.45) is 0 Å². The van der Waals surface area contributed by atoms with Crippen molar-refractivity contribution >= 4 is 23.0 Å². The molecular formula is C17H25N3O2S. The lowest BCUT2D eigenvalue weighted by Gasteiger charge is -2.35. The van der Waals surface area contributed by atoms with E-state index in [9.17, 15) is 9.59 Å². The van der Waals surface area contributed by atoms with Crippen LogP contribution in [-0.2, 0) is 0 Å². The van der Waals surface area contributed by atoms with Crippen molar-refractivity contribution in [3.63, 3.8) is 0 Å². The molecule has 0 saturated carbocycles. The van der Waals surface area contributed by atoms with Crippen LogP contribution in [0, 0.1) is 0 Å². The zero-order chi connectivity index (χ0) is 16.2. The first-order chi connectivity index (χ1) is 11.1. The Labute approximate surface area is 141 Å². The summed E-state index contributed by atoms with van der Waals surface area (Å²) in [5, 5.41) is 1.80. The third-order valence-electron chi connectivity index (χ3n) is 4.78. The molecule has 2 saturated heterocycles. The van der Waals surface area contributed by atoms with E-state index >= 15 is 0 Å². The summed E-state index contributed by atoms with van der Waals surface area (Å²) in [6.07, 6.45) is 2.68. The molecule has 0 bridgehead atoms. The highest BCUT2D eigenvalue weighted by molar-refractivity contribution is 7.12. The maximum atomic E-state index is 12.5. The fraction of sp³-hybridized carbons (Fsp3) is 0.647. The normalized spacial score (nSPS) is 20.1. The molecule has 1 aromatic heterocycles. The van der Waals surface area contributed by atoms with Gasteiger partial charge in [-0.05, 0) is 38.9 Å². The van der Waals surface area contributed by atoms with E-state index in [0.29, 0.717) is 10.4 Å². The zero-order valence-corrected chi connectivity index (χ0v) is 14.6. The van der Waals surface area contributed by atoms with Crippen molar-refractivity contribution in [1.29, 1.82) is 0 Å². The molecule has 6 heteroatoms. The van der Waals surface area contributed by atoms with Crippen molar-refractivity contribution in [2.75, 3.05) is 52.4 Å². The molecule has 0 spiro atoms. The van der Waals surface area contributed by atoms with Gasteiger partial charge in [0.2, 0.25) is 0 Å². The molecule has 0 N–H and O–H groups in total. The molecule has 2 aliphatic heterocycles. The summed E-state index contributed by atoms with van der Waals surface area (Å²) in [7, 11) is 0. The van der Waals surface area contributed by atoms with Gasteiger partial charge < -0.3 is 9.80 Å². The molecule has 2 aliphatic rings. The summed E-state index contributed by atoms with van der Waals surface area (Å²) < 4.78 is 0. The van der Waals surface area contributed by atoms with E-state index in [1.807, 2.05) is 4.90 Å². The maximum absolute atomic E-state index is 12.5. The summed E-state index contributed by atoms with van der Waals surface area (Å²) in [5.41, 5.74) is 0.658. The van der Waals surface area contributed by atoms with Gasteiger partial charge in [0.25, 0.3) is 5.91 Å². The molecule has 5 nitrogen and oxygen atoms in total. The second-order valence-electron chi connectivity index (χ2n) is 6.44.